The first-order chi connectivity index (χ1) is 11.8. The number of aryl methyl sites for hydroxylation is 1. The summed E-state index contributed by atoms with van der Waals surface area (Å²) in [6.07, 6.45) is 8.74. The Morgan fingerprint density at radius 2 is 1.50 bits per heavy atom. The zero-order valence-corrected chi connectivity index (χ0v) is 15.3. The Bertz CT molecular complexity index is 578. The minimum absolute atomic E-state index is 1.06. The van der Waals surface area contributed by atoms with Gasteiger partial charge in [0.05, 0.1) is 0 Å². The molecule has 24 heavy (non-hydrogen) atoms. The highest BCUT2D eigenvalue weighted by Crippen LogP contribution is 2.26. The maximum atomic E-state index is 3.58. The number of anilines is 3. The summed E-state index contributed by atoms with van der Waals surface area (Å²) in [7, 11) is 0. The van der Waals surface area contributed by atoms with Crippen LogP contribution in [0.1, 0.15) is 57.9 Å². The van der Waals surface area contributed by atoms with Gasteiger partial charge >= 0.3 is 0 Å². The van der Waals surface area contributed by atoms with Crippen LogP contribution in [0.15, 0.2) is 48.5 Å². The largest absolute Gasteiger partial charge is 0.385 e. The Labute approximate surface area is 147 Å². The molecule has 0 atom stereocenters. The molecule has 0 fully saturated rings. The average Bonchev–Trinajstić information content (AvgIpc) is 2.62. The molecule has 2 aromatic rings. The van der Waals surface area contributed by atoms with Crippen molar-refractivity contribution in [3.63, 3.8) is 0 Å². The van der Waals surface area contributed by atoms with E-state index in [4.69, 9.17) is 0 Å². The second-order valence-electron chi connectivity index (χ2n) is 6.45. The molecule has 2 rings (SSSR count). The van der Waals surface area contributed by atoms with Gasteiger partial charge in [-0.2, -0.15) is 0 Å². The van der Waals surface area contributed by atoms with E-state index in [9.17, 15) is 0 Å². The number of nitrogens with one attached hydrogen (secondary N) is 2. The minimum atomic E-state index is 1.06. The third-order valence-electron chi connectivity index (χ3n) is 4.32. The molecular formula is C22H32N2. The Morgan fingerprint density at radius 3 is 2.25 bits per heavy atom. The van der Waals surface area contributed by atoms with Crippen LogP contribution < -0.4 is 10.6 Å². The van der Waals surface area contributed by atoms with Gasteiger partial charge < -0.3 is 10.6 Å². The van der Waals surface area contributed by atoms with E-state index in [1.165, 1.54) is 55.5 Å². The summed E-state index contributed by atoms with van der Waals surface area (Å²) in [5.41, 5.74) is 5.04. The quantitative estimate of drug-likeness (QED) is 0.446. The van der Waals surface area contributed by atoms with Gasteiger partial charge in [-0.15, -0.1) is 0 Å². The molecule has 130 valence electrons. The first-order valence-corrected chi connectivity index (χ1v) is 9.52. The first-order valence-electron chi connectivity index (χ1n) is 9.52. The topological polar surface area (TPSA) is 24.1 Å². The van der Waals surface area contributed by atoms with E-state index < -0.39 is 0 Å². The van der Waals surface area contributed by atoms with Crippen LogP contribution in [0, 0.1) is 0 Å². The third kappa shape index (κ3) is 6.27. The van der Waals surface area contributed by atoms with E-state index in [0.29, 0.717) is 0 Å². The average molecular weight is 325 g/mol. The molecule has 0 radical (unpaired) electrons. The molecule has 0 unspecified atom stereocenters. The van der Waals surface area contributed by atoms with E-state index in [1.807, 2.05) is 0 Å². The summed E-state index contributed by atoms with van der Waals surface area (Å²) >= 11 is 0. The monoisotopic (exact) mass is 324 g/mol. The Hall–Kier alpha value is -1.96. The molecule has 0 saturated heterocycles. The van der Waals surface area contributed by atoms with Crippen LogP contribution in [0.4, 0.5) is 17.1 Å². The van der Waals surface area contributed by atoms with Crippen LogP contribution in [0.25, 0.3) is 0 Å². The smallest absolute Gasteiger partial charge is 0.0418 e. The van der Waals surface area contributed by atoms with Crippen LogP contribution in [0.5, 0.6) is 0 Å². The molecule has 0 saturated carbocycles. The fourth-order valence-corrected chi connectivity index (χ4v) is 2.88. The van der Waals surface area contributed by atoms with Crippen LogP contribution in [-0.4, -0.2) is 6.54 Å². The molecule has 2 nitrogen and oxygen atoms in total. The summed E-state index contributed by atoms with van der Waals surface area (Å²) < 4.78 is 0. The van der Waals surface area contributed by atoms with Gasteiger partial charge in [0.1, 0.15) is 0 Å². The van der Waals surface area contributed by atoms with Crippen molar-refractivity contribution in [2.45, 2.75) is 58.8 Å². The normalized spacial score (nSPS) is 10.6. The summed E-state index contributed by atoms with van der Waals surface area (Å²) in [6, 6.07) is 17.2. The molecule has 2 N–H and O–H groups in total. The van der Waals surface area contributed by atoms with Gasteiger partial charge in [-0.25, -0.2) is 0 Å². The van der Waals surface area contributed by atoms with E-state index >= 15 is 0 Å². The standard InChI is InChI=1S/C22H32N2/c1-3-5-8-12-19-18-21(23-17-11-6-4-2)15-16-22(19)24-20-13-9-7-10-14-20/h7,9-10,13-16,18,23-24H,3-6,8,11-12,17H2,1-2H3. The maximum absolute atomic E-state index is 3.58. The predicted molar refractivity (Wildman–Crippen MR) is 107 cm³/mol. The molecule has 2 aromatic carbocycles. The molecule has 0 aliphatic heterocycles. The summed E-state index contributed by atoms with van der Waals surface area (Å²) in [6.45, 7) is 5.57. The fraction of sp³-hybridized carbons (Fsp3) is 0.455. The molecule has 0 amide bonds. The van der Waals surface area contributed by atoms with Crippen molar-refractivity contribution in [1.82, 2.24) is 0 Å². The Morgan fingerprint density at radius 1 is 0.750 bits per heavy atom. The molecular weight excluding hydrogens is 292 g/mol. The van der Waals surface area contributed by atoms with Gasteiger partial charge in [0.2, 0.25) is 0 Å². The molecule has 2 heteroatoms. The number of rotatable bonds is 11. The highest BCUT2D eigenvalue weighted by Gasteiger charge is 2.05. The van der Waals surface area contributed by atoms with Crippen LogP contribution in [0.3, 0.4) is 0 Å². The van der Waals surface area contributed by atoms with Crippen molar-refractivity contribution in [3.05, 3.63) is 54.1 Å². The number of para-hydroxylation sites is 1. The fourth-order valence-electron chi connectivity index (χ4n) is 2.88. The molecule has 0 aliphatic rings. The van der Waals surface area contributed by atoms with Gasteiger partial charge in [0.25, 0.3) is 0 Å². The van der Waals surface area contributed by atoms with Gasteiger partial charge in [0, 0.05) is 23.6 Å². The number of hydrogen-bond acceptors (Lipinski definition) is 2. The lowest BCUT2D eigenvalue weighted by molar-refractivity contribution is 0.718. The van der Waals surface area contributed by atoms with Crippen LogP contribution >= 0.6 is 0 Å². The highest BCUT2D eigenvalue weighted by atomic mass is 14.9. The van der Waals surface area contributed by atoms with Crippen molar-refractivity contribution in [1.29, 1.82) is 0 Å². The van der Waals surface area contributed by atoms with Crippen LogP contribution in [-0.2, 0) is 6.42 Å². The molecule has 0 spiro atoms. The van der Waals surface area contributed by atoms with Gasteiger partial charge in [0.15, 0.2) is 0 Å². The number of unbranched alkanes of at least 4 members (excludes halogenated alkanes) is 4. The third-order valence-corrected chi connectivity index (χ3v) is 4.32. The van der Waals surface area contributed by atoms with Gasteiger partial charge in [-0.3, -0.25) is 0 Å². The van der Waals surface area contributed by atoms with E-state index in [1.54, 1.807) is 0 Å². The Balaban J connectivity index is 2.06. The second-order valence-corrected chi connectivity index (χ2v) is 6.45. The maximum Gasteiger partial charge on any atom is 0.0418 e. The van der Waals surface area contributed by atoms with E-state index in [-0.39, 0.29) is 0 Å². The highest BCUT2D eigenvalue weighted by molar-refractivity contribution is 5.66. The second kappa shape index (κ2) is 10.7. The molecule has 0 aliphatic carbocycles. The van der Waals surface area contributed by atoms with Crippen molar-refractivity contribution in [2.24, 2.45) is 0 Å². The van der Waals surface area contributed by atoms with E-state index in [0.717, 1.165) is 18.7 Å². The first kappa shape index (κ1) is 18.4. The summed E-state index contributed by atoms with van der Waals surface area (Å²) in [4.78, 5) is 0. The molecule has 0 bridgehead atoms. The zero-order chi connectivity index (χ0) is 17.0. The van der Waals surface area contributed by atoms with E-state index in [2.05, 4.69) is 73.0 Å². The molecule has 0 aromatic heterocycles. The van der Waals surface area contributed by atoms with Crippen molar-refractivity contribution >= 4 is 17.1 Å². The zero-order valence-electron chi connectivity index (χ0n) is 15.3. The summed E-state index contributed by atoms with van der Waals surface area (Å²) in [5.74, 6) is 0. The molecule has 0 heterocycles. The Kier molecular flexibility index (Phi) is 8.23. The lowest BCUT2D eigenvalue weighted by atomic mass is 10.0. The minimum Gasteiger partial charge on any atom is -0.385 e. The lowest BCUT2D eigenvalue weighted by Crippen LogP contribution is -2.03. The summed E-state index contributed by atoms with van der Waals surface area (Å²) in [5, 5.41) is 7.15. The predicted octanol–water partition coefficient (Wildman–Crippen LogP) is 6.77. The van der Waals surface area contributed by atoms with Gasteiger partial charge in [-0.05, 0) is 55.2 Å². The van der Waals surface area contributed by atoms with Gasteiger partial charge in [-0.1, -0.05) is 57.7 Å². The number of benzene rings is 2. The lowest BCUT2D eigenvalue weighted by Gasteiger charge is -2.15. The van der Waals surface area contributed by atoms with Crippen molar-refractivity contribution in [3.8, 4) is 0 Å². The SMILES string of the molecule is CCCCCNc1ccc(Nc2ccccc2)c(CCCCC)c1. The van der Waals surface area contributed by atoms with Crippen LogP contribution in [0.2, 0.25) is 0 Å². The van der Waals surface area contributed by atoms with Crippen molar-refractivity contribution in [2.75, 3.05) is 17.2 Å². The van der Waals surface area contributed by atoms with Crippen molar-refractivity contribution < 1.29 is 0 Å². The number of hydrogen-bond donors (Lipinski definition) is 2.